The maximum absolute atomic E-state index is 12.8. The first-order valence-electron chi connectivity index (χ1n) is 6.23. The minimum Gasteiger partial charge on any atom is -0.308 e. The molecule has 1 aliphatic heterocycles. The van der Waals surface area contributed by atoms with E-state index in [2.05, 4.69) is 10.3 Å². The Hall–Kier alpha value is -1.30. The van der Waals surface area contributed by atoms with E-state index in [0.29, 0.717) is 11.3 Å². The molecular weight excluding hydrogens is 299 g/mol. The summed E-state index contributed by atoms with van der Waals surface area (Å²) in [5, 5.41) is 6.10. The number of hydrogen-bond acceptors (Lipinski definition) is 4. The average Bonchev–Trinajstić information content (AvgIpc) is 3.10. The minimum atomic E-state index is -0.342. The summed E-state index contributed by atoms with van der Waals surface area (Å²) < 4.78 is 12.8. The molecule has 106 valence electrons. The van der Waals surface area contributed by atoms with Crippen LogP contribution in [0.15, 0.2) is 29.6 Å². The van der Waals surface area contributed by atoms with Crippen LogP contribution >= 0.6 is 23.7 Å². The van der Waals surface area contributed by atoms with Crippen molar-refractivity contribution in [3.8, 4) is 0 Å². The van der Waals surface area contributed by atoms with Crippen molar-refractivity contribution in [2.75, 3.05) is 6.54 Å². The number of thiazole rings is 1. The van der Waals surface area contributed by atoms with Crippen molar-refractivity contribution < 1.29 is 9.18 Å². The van der Waals surface area contributed by atoms with Crippen LogP contribution in [0, 0.1) is 5.82 Å². The number of nitrogens with zero attached hydrogens (tertiary/aromatic N) is 1. The van der Waals surface area contributed by atoms with Gasteiger partial charge >= 0.3 is 0 Å². The van der Waals surface area contributed by atoms with Gasteiger partial charge in [0, 0.05) is 10.9 Å². The van der Waals surface area contributed by atoms with Gasteiger partial charge in [0.1, 0.15) is 16.5 Å². The predicted octanol–water partition coefficient (Wildman–Crippen LogP) is 3.36. The Morgan fingerprint density at radius 3 is 2.75 bits per heavy atom. The topological polar surface area (TPSA) is 42.0 Å². The molecule has 3 nitrogen and oxygen atoms in total. The van der Waals surface area contributed by atoms with E-state index in [0.717, 1.165) is 24.4 Å². The molecule has 0 aliphatic carbocycles. The molecule has 0 saturated carbocycles. The van der Waals surface area contributed by atoms with Gasteiger partial charge in [0.2, 0.25) is 5.78 Å². The number of hydrogen-bond donors (Lipinski definition) is 1. The smallest absolute Gasteiger partial charge is 0.212 e. The highest BCUT2D eigenvalue weighted by molar-refractivity contribution is 7.10. The number of carbonyl (C=O) groups excluding carboxylic acids is 1. The molecule has 0 amide bonds. The molecule has 6 heteroatoms. The van der Waals surface area contributed by atoms with E-state index < -0.39 is 0 Å². The highest BCUT2D eigenvalue weighted by Gasteiger charge is 2.21. The lowest BCUT2D eigenvalue weighted by Gasteiger charge is -2.04. The molecule has 0 unspecified atom stereocenters. The van der Waals surface area contributed by atoms with Gasteiger partial charge in [-0.3, -0.25) is 4.79 Å². The number of rotatable bonds is 3. The van der Waals surface area contributed by atoms with Crippen LogP contribution < -0.4 is 5.32 Å². The molecule has 0 spiro atoms. The van der Waals surface area contributed by atoms with Gasteiger partial charge in [0.15, 0.2) is 0 Å². The van der Waals surface area contributed by atoms with Gasteiger partial charge < -0.3 is 5.32 Å². The van der Waals surface area contributed by atoms with Crippen LogP contribution in [0.2, 0.25) is 0 Å². The lowest BCUT2D eigenvalue weighted by molar-refractivity contribution is 0.103. The summed E-state index contributed by atoms with van der Waals surface area (Å²) in [5.41, 5.74) is 0.915. The number of carbonyl (C=O) groups is 1. The molecule has 1 aromatic carbocycles. The van der Waals surface area contributed by atoms with Gasteiger partial charge in [-0.2, -0.15) is 0 Å². The van der Waals surface area contributed by atoms with E-state index >= 15 is 0 Å². The van der Waals surface area contributed by atoms with Crippen LogP contribution in [0.3, 0.4) is 0 Å². The Balaban J connectivity index is 0.00000147. The second kappa shape index (κ2) is 6.43. The van der Waals surface area contributed by atoms with Crippen LogP contribution in [0.5, 0.6) is 0 Å². The third kappa shape index (κ3) is 3.06. The molecule has 0 radical (unpaired) electrons. The Kier molecular flexibility index (Phi) is 4.86. The first kappa shape index (κ1) is 15.1. The van der Waals surface area contributed by atoms with Crippen LogP contribution in [-0.2, 0) is 0 Å². The van der Waals surface area contributed by atoms with E-state index in [1.807, 2.05) is 0 Å². The standard InChI is InChI=1S/C14H13FN2OS.ClH/c15-10-5-3-9(4-6-10)13(18)12-8-19-14(17-12)11-2-1-7-16-11;/h3-6,8,11,16H,1-2,7H2;1H/t11-;/m1./s1. The molecule has 2 heterocycles. The zero-order chi connectivity index (χ0) is 13.2. The molecule has 2 aromatic rings. The third-order valence-corrected chi connectivity index (χ3v) is 4.18. The van der Waals surface area contributed by atoms with Crippen molar-refractivity contribution in [3.05, 3.63) is 51.7 Å². The largest absolute Gasteiger partial charge is 0.308 e. The van der Waals surface area contributed by atoms with Crippen LogP contribution in [0.25, 0.3) is 0 Å². The van der Waals surface area contributed by atoms with Crippen LogP contribution in [-0.4, -0.2) is 17.3 Å². The summed E-state index contributed by atoms with van der Waals surface area (Å²) in [5.74, 6) is -0.494. The van der Waals surface area contributed by atoms with E-state index in [1.54, 1.807) is 5.38 Å². The van der Waals surface area contributed by atoms with Gasteiger partial charge in [-0.1, -0.05) is 0 Å². The normalized spacial score (nSPS) is 17.8. The van der Waals surface area contributed by atoms with Crippen LogP contribution in [0.4, 0.5) is 4.39 Å². The summed E-state index contributed by atoms with van der Waals surface area (Å²) in [6, 6.07) is 5.84. The maximum Gasteiger partial charge on any atom is 0.212 e. The maximum atomic E-state index is 12.8. The number of aromatic nitrogens is 1. The van der Waals surface area contributed by atoms with Crippen molar-refractivity contribution in [1.82, 2.24) is 10.3 Å². The quantitative estimate of drug-likeness (QED) is 0.884. The lowest BCUT2D eigenvalue weighted by Crippen LogP contribution is -2.13. The monoisotopic (exact) mass is 312 g/mol. The van der Waals surface area contributed by atoms with Crippen molar-refractivity contribution in [3.63, 3.8) is 0 Å². The van der Waals surface area contributed by atoms with Gasteiger partial charge in [0.05, 0.1) is 6.04 Å². The Morgan fingerprint density at radius 2 is 2.10 bits per heavy atom. The van der Waals surface area contributed by atoms with Crippen molar-refractivity contribution >= 4 is 29.5 Å². The van der Waals surface area contributed by atoms with Crippen LogP contribution in [0.1, 0.15) is 39.9 Å². The Morgan fingerprint density at radius 1 is 1.35 bits per heavy atom. The minimum absolute atomic E-state index is 0. The second-order valence-corrected chi connectivity index (χ2v) is 5.45. The molecule has 1 atom stereocenters. The van der Waals surface area contributed by atoms with Crippen molar-refractivity contribution in [2.24, 2.45) is 0 Å². The Labute approximate surface area is 126 Å². The van der Waals surface area contributed by atoms with E-state index in [1.165, 1.54) is 35.6 Å². The van der Waals surface area contributed by atoms with E-state index in [4.69, 9.17) is 0 Å². The van der Waals surface area contributed by atoms with Gasteiger partial charge in [0.25, 0.3) is 0 Å². The second-order valence-electron chi connectivity index (χ2n) is 4.56. The highest BCUT2D eigenvalue weighted by atomic mass is 35.5. The molecular formula is C14H14ClFN2OS. The third-order valence-electron chi connectivity index (χ3n) is 3.22. The predicted molar refractivity (Wildman–Crippen MR) is 79.2 cm³/mol. The number of ketones is 1. The van der Waals surface area contributed by atoms with Gasteiger partial charge in [-0.25, -0.2) is 9.37 Å². The van der Waals surface area contributed by atoms with E-state index in [-0.39, 0.29) is 30.0 Å². The summed E-state index contributed by atoms with van der Waals surface area (Å²) in [7, 11) is 0. The fraction of sp³-hybridized carbons (Fsp3) is 0.286. The number of benzene rings is 1. The molecule has 20 heavy (non-hydrogen) atoms. The first-order chi connectivity index (χ1) is 9.24. The summed E-state index contributed by atoms with van der Waals surface area (Å²) in [6.07, 6.45) is 2.21. The fourth-order valence-electron chi connectivity index (χ4n) is 2.20. The summed E-state index contributed by atoms with van der Waals surface area (Å²) in [6.45, 7) is 1.01. The first-order valence-corrected chi connectivity index (χ1v) is 7.11. The van der Waals surface area contributed by atoms with Crippen molar-refractivity contribution in [2.45, 2.75) is 18.9 Å². The molecule has 1 N–H and O–H groups in total. The average molecular weight is 313 g/mol. The fourth-order valence-corrected chi connectivity index (χ4v) is 3.11. The molecule has 3 rings (SSSR count). The molecule has 1 fully saturated rings. The SMILES string of the molecule is Cl.O=C(c1ccc(F)cc1)c1csc([C@H]2CCCN2)n1. The summed E-state index contributed by atoms with van der Waals surface area (Å²) >= 11 is 1.50. The zero-order valence-electron chi connectivity index (χ0n) is 10.6. The lowest BCUT2D eigenvalue weighted by atomic mass is 10.1. The van der Waals surface area contributed by atoms with E-state index in [9.17, 15) is 9.18 Å². The highest BCUT2D eigenvalue weighted by Crippen LogP contribution is 2.26. The van der Waals surface area contributed by atoms with Crippen molar-refractivity contribution in [1.29, 1.82) is 0 Å². The molecule has 1 aliphatic rings. The molecule has 0 bridgehead atoms. The number of halogens is 2. The zero-order valence-corrected chi connectivity index (χ0v) is 12.3. The summed E-state index contributed by atoms with van der Waals surface area (Å²) in [4.78, 5) is 16.6. The Bertz CT molecular complexity index is 593. The molecule has 1 aromatic heterocycles. The number of nitrogens with one attached hydrogen (secondary N) is 1. The molecule has 1 saturated heterocycles. The van der Waals surface area contributed by atoms with Gasteiger partial charge in [-0.05, 0) is 43.7 Å². The van der Waals surface area contributed by atoms with Gasteiger partial charge in [-0.15, -0.1) is 23.7 Å².